The zero-order valence-electron chi connectivity index (χ0n) is 19.1. The highest BCUT2D eigenvalue weighted by Gasteiger charge is 2.59. The summed E-state index contributed by atoms with van der Waals surface area (Å²) in [6.07, 6.45) is 11.4. The number of rotatable bonds is 2. The molecule has 3 aliphatic carbocycles. The molecule has 0 radical (unpaired) electrons. The molecule has 6 atom stereocenters. The minimum absolute atomic E-state index is 0.256. The lowest BCUT2D eigenvalue weighted by Gasteiger charge is -2.61. The van der Waals surface area contributed by atoms with Crippen LogP contribution in [0.5, 0.6) is 0 Å². The first-order valence-corrected chi connectivity index (χ1v) is 12.0. The third-order valence-electron chi connectivity index (χ3n) is 9.90. The van der Waals surface area contributed by atoms with Crippen molar-refractivity contribution in [2.75, 3.05) is 7.05 Å². The van der Waals surface area contributed by atoms with E-state index in [0.29, 0.717) is 23.9 Å². The molecule has 31 heavy (non-hydrogen) atoms. The van der Waals surface area contributed by atoms with Crippen molar-refractivity contribution in [3.8, 4) is 0 Å². The number of piperidine rings is 1. The highest BCUT2D eigenvalue weighted by atomic mass is 16.4. The van der Waals surface area contributed by atoms with Crippen LogP contribution in [0.2, 0.25) is 0 Å². The summed E-state index contributed by atoms with van der Waals surface area (Å²) in [5.41, 5.74) is 3.55. The van der Waals surface area contributed by atoms with Crippen molar-refractivity contribution in [1.29, 1.82) is 0 Å². The van der Waals surface area contributed by atoms with Crippen LogP contribution in [0.3, 0.4) is 0 Å². The fraction of sp³-hybridized carbons (Fsp3) is 0.630. The van der Waals surface area contributed by atoms with Crippen molar-refractivity contribution in [3.63, 3.8) is 0 Å². The van der Waals surface area contributed by atoms with Crippen molar-refractivity contribution in [2.24, 2.45) is 28.6 Å². The van der Waals surface area contributed by atoms with Gasteiger partial charge in [0.2, 0.25) is 5.91 Å². The molecule has 0 aromatic heterocycles. The maximum atomic E-state index is 12.3. The largest absolute Gasteiger partial charge is 0.478 e. The number of hydrogen-bond donors (Lipinski definition) is 1. The molecule has 5 rings (SSSR count). The predicted octanol–water partition coefficient (Wildman–Crippen LogP) is 5.63. The summed E-state index contributed by atoms with van der Waals surface area (Å²) in [4.78, 5) is 25.6. The van der Waals surface area contributed by atoms with Gasteiger partial charge in [-0.2, -0.15) is 0 Å². The van der Waals surface area contributed by atoms with Crippen molar-refractivity contribution in [2.45, 2.75) is 71.3 Å². The molecule has 1 amide bonds. The molecule has 0 unspecified atom stereocenters. The number of carboxylic acids is 1. The molecule has 0 spiro atoms. The molecule has 1 aromatic carbocycles. The number of hydrogen-bond acceptors (Lipinski definition) is 2. The van der Waals surface area contributed by atoms with E-state index in [9.17, 15) is 9.59 Å². The number of allylic oxidation sites excluding steroid dienone is 1. The van der Waals surface area contributed by atoms with E-state index in [0.717, 1.165) is 42.6 Å². The van der Waals surface area contributed by atoms with E-state index < -0.39 is 5.97 Å². The van der Waals surface area contributed by atoms with Crippen LogP contribution in [-0.2, 0) is 4.79 Å². The molecule has 166 valence electrons. The first-order chi connectivity index (χ1) is 14.7. The number of fused-ring (bicyclic) bond motifs is 5. The first kappa shape index (κ1) is 20.8. The van der Waals surface area contributed by atoms with Gasteiger partial charge in [0.25, 0.3) is 0 Å². The average Bonchev–Trinajstić information content (AvgIpc) is 3.08. The summed E-state index contributed by atoms with van der Waals surface area (Å²) in [5, 5.41) is 9.16. The molecule has 3 saturated carbocycles. The van der Waals surface area contributed by atoms with Gasteiger partial charge in [0.05, 0.1) is 5.56 Å². The molecule has 1 heterocycles. The Morgan fingerprint density at radius 3 is 2.48 bits per heavy atom. The van der Waals surface area contributed by atoms with Gasteiger partial charge >= 0.3 is 5.97 Å². The van der Waals surface area contributed by atoms with Crippen LogP contribution in [0.25, 0.3) is 6.08 Å². The van der Waals surface area contributed by atoms with Gasteiger partial charge in [-0.3, -0.25) is 4.79 Å². The van der Waals surface area contributed by atoms with E-state index >= 15 is 0 Å². The van der Waals surface area contributed by atoms with Gasteiger partial charge in [-0.25, -0.2) is 4.79 Å². The molecular formula is C27H35NO3. The highest BCUT2D eigenvalue weighted by Crippen LogP contribution is 2.66. The number of likely N-dealkylation sites (tertiary alicyclic amines) is 1. The topological polar surface area (TPSA) is 57.6 Å². The van der Waals surface area contributed by atoms with Crippen LogP contribution in [-0.4, -0.2) is 35.0 Å². The monoisotopic (exact) mass is 421 g/mol. The molecular weight excluding hydrogens is 386 g/mol. The van der Waals surface area contributed by atoms with Crippen LogP contribution in [0.15, 0.2) is 29.8 Å². The Morgan fingerprint density at radius 1 is 1.03 bits per heavy atom. The lowest BCUT2D eigenvalue weighted by Crippen LogP contribution is -2.61. The number of aromatic carboxylic acids is 1. The highest BCUT2D eigenvalue weighted by molar-refractivity contribution is 5.87. The second-order valence-electron chi connectivity index (χ2n) is 11.1. The molecule has 4 aliphatic rings. The molecule has 4 heteroatoms. The molecule has 1 N–H and O–H groups in total. The number of nitrogens with zero attached hydrogens (tertiary/aromatic N) is 1. The third kappa shape index (κ3) is 3.08. The quantitative estimate of drug-likeness (QED) is 0.673. The summed E-state index contributed by atoms with van der Waals surface area (Å²) in [6, 6.07) is 7.73. The molecule has 1 aromatic rings. The summed E-state index contributed by atoms with van der Waals surface area (Å²) in [5.74, 6) is 1.69. The maximum absolute atomic E-state index is 12.3. The third-order valence-corrected chi connectivity index (χ3v) is 9.90. The second-order valence-corrected chi connectivity index (χ2v) is 11.1. The smallest absolute Gasteiger partial charge is 0.335 e. The van der Waals surface area contributed by atoms with Crippen LogP contribution >= 0.6 is 0 Å². The van der Waals surface area contributed by atoms with Gasteiger partial charge in [0.15, 0.2) is 0 Å². The Balaban J connectivity index is 1.41. The fourth-order valence-electron chi connectivity index (χ4n) is 8.16. The SMILES string of the molecule is CN1C(=O)CC[C@]2(C)[C@H]3CC[C@]4(C)C(=Cc5ccc(C(=O)O)cc5)CC[C@H]4[C@@H]3CC[C@@H]12. The van der Waals surface area contributed by atoms with Crippen LogP contribution < -0.4 is 0 Å². The number of benzene rings is 1. The van der Waals surface area contributed by atoms with Crippen LogP contribution in [0.4, 0.5) is 0 Å². The Bertz CT molecular complexity index is 934. The van der Waals surface area contributed by atoms with Gasteiger partial charge in [-0.1, -0.05) is 37.6 Å². The summed E-state index contributed by atoms with van der Waals surface area (Å²) in [6.45, 7) is 4.97. The van der Waals surface area contributed by atoms with Gasteiger partial charge in [-0.15, -0.1) is 0 Å². The Morgan fingerprint density at radius 2 is 1.77 bits per heavy atom. The van der Waals surface area contributed by atoms with E-state index in [2.05, 4.69) is 24.8 Å². The van der Waals surface area contributed by atoms with E-state index in [1.54, 1.807) is 17.7 Å². The van der Waals surface area contributed by atoms with Crippen molar-refractivity contribution in [3.05, 3.63) is 41.0 Å². The minimum atomic E-state index is -0.871. The van der Waals surface area contributed by atoms with Gasteiger partial charge in [0, 0.05) is 19.5 Å². The standard InChI is InChI=1S/C27H35NO3/c1-26-14-12-22-20(9-11-23-27(22,2)15-13-24(29)28(23)3)21(26)10-8-19(26)16-17-4-6-18(7-5-17)25(30)31/h4-7,16,20-23H,8-15H2,1-3H3,(H,30,31)/t20-,21-,22-,23+,26+,27+/m0/s1. The molecule has 4 fully saturated rings. The zero-order chi connectivity index (χ0) is 22.0. The summed E-state index contributed by atoms with van der Waals surface area (Å²) < 4.78 is 0. The Hall–Kier alpha value is -2.10. The number of amides is 1. The lowest BCUT2D eigenvalue weighted by atomic mass is 9.47. The maximum Gasteiger partial charge on any atom is 0.335 e. The van der Waals surface area contributed by atoms with Crippen molar-refractivity contribution >= 4 is 18.0 Å². The van der Waals surface area contributed by atoms with Gasteiger partial charge in [-0.05, 0) is 91.2 Å². The molecule has 4 nitrogen and oxygen atoms in total. The Kier molecular flexibility index (Phi) is 4.84. The Labute approximate surface area is 185 Å². The van der Waals surface area contributed by atoms with E-state index in [-0.39, 0.29) is 10.8 Å². The molecule has 1 saturated heterocycles. The van der Waals surface area contributed by atoms with Crippen molar-refractivity contribution < 1.29 is 14.7 Å². The number of carbonyl (C=O) groups excluding carboxylic acids is 1. The van der Waals surface area contributed by atoms with Gasteiger partial charge in [0.1, 0.15) is 0 Å². The zero-order valence-corrected chi connectivity index (χ0v) is 19.1. The normalized spacial score (nSPS) is 40.9. The summed E-state index contributed by atoms with van der Waals surface area (Å²) in [7, 11) is 2.03. The molecule has 1 aliphatic heterocycles. The first-order valence-electron chi connectivity index (χ1n) is 12.0. The van der Waals surface area contributed by atoms with E-state index in [1.165, 1.54) is 25.7 Å². The van der Waals surface area contributed by atoms with Gasteiger partial charge < -0.3 is 10.0 Å². The summed E-state index contributed by atoms with van der Waals surface area (Å²) >= 11 is 0. The second kappa shape index (κ2) is 7.21. The van der Waals surface area contributed by atoms with Crippen molar-refractivity contribution in [1.82, 2.24) is 4.90 Å². The predicted molar refractivity (Wildman–Crippen MR) is 122 cm³/mol. The van der Waals surface area contributed by atoms with Crippen LogP contribution in [0.1, 0.15) is 81.1 Å². The lowest BCUT2D eigenvalue weighted by molar-refractivity contribution is -0.156. The fourth-order valence-corrected chi connectivity index (χ4v) is 8.16. The van der Waals surface area contributed by atoms with E-state index in [4.69, 9.17) is 5.11 Å². The average molecular weight is 422 g/mol. The van der Waals surface area contributed by atoms with E-state index in [1.807, 2.05) is 19.2 Å². The van der Waals surface area contributed by atoms with Crippen LogP contribution in [0, 0.1) is 28.6 Å². The minimum Gasteiger partial charge on any atom is -0.478 e. The number of carbonyl (C=O) groups is 2. The number of carboxylic acid groups (broad SMARTS) is 1. The molecule has 0 bridgehead atoms.